The summed E-state index contributed by atoms with van der Waals surface area (Å²) in [5, 5.41) is 19.2. The molecule has 0 radical (unpaired) electrons. The summed E-state index contributed by atoms with van der Waals surface area (Å²) in [5.41, 5.74) is 8.23. The molecule has 0 aromatic heterocycles. The monoisotopic (exact) mass is 265 g/mol. The molecule has 1 unspecified atom stereocenters. The van der Waals surface area contributed by atoms with Gasteiger partial charge >= 0.3 is 5.97 Å². The molecule has 0 heterocycles. The Morgan fingerprint density at radius 2 is 2.05 bits per heavy atom. The van der Waals surface area contributed by atoms with Crippen LogP contribution in [0.2, 0.25) is 0 Å². The van der Waals surface area contributed by atoms with Crippen molar-refractivity contribution in [3.05, 3.63) is 28.8 Å². The molecule has 104 valence electrons. The van der Waals surface area contributed by atoms with Gasteiger partial charge in [0.25, 0.3) is 0 Å². The van der Waals surface area contributed by atoms with Gasteiger partial charge in [0.05, 0.1) is 7.11 Å². The Balaban J connectivity index is 2.49. The van der Waals surface area contributed by atoms with Crippen molar-refractivity contribution in [1.29, 1.82) is 0 Å². The van der Waals surface area contributed by atoms with E-state index in [9.17, 15) is 9.90 Å². The van der Waals surface area contributed by atoms with Gasteiger partial charge in [0, 0.05) is 5.56 Å². The third kappa shape index (κ3) is 2.57. The first-order valence-electron chi connectivity index (χ1n) is 6.41. The van der Waals surface area contributed by atoms with Crippen molar-refractivity contribution in [3.8, 4) is 5.75 Å². The highest BCUT2D eigenvalue weighted by Crippen LogP contribution is 2.36. The highest BCUT2D eigenvalue weighted by atomic mass is 16.5. The molecule has 1 aliphatic rings. The molecule has 0 amide bonds. The van der Waals surface area contributed by atoms with Crippen LogP contribution in [-0.2, 0) is 17.6 Å². The molecule has 0 fully saturated rings. The fourth-order valence-electron chi connectivity index (χ4n) is 2.65. The van der Waals surface area contributed by atoms with E-state index >= 15 is 0 Å². The molecule has 0 aliphatic heterocycles. The van der Waals surface area contributed by atoms with E-state index in [1.165, 1.54) is 7.11 Å². The highest BCUT2D eigenvalue weighted by molar-refractivity contribution is 5.74. The predicted octanol–water partition coefficient (Wildman–Crippen LogP) is 1.02. The van der Waals surface area contributed by atoms with Crippen LogP contribution in [0.1, 0.15) is 35.6 Å². The molecule has 1 aromatic rings. The van der Waals surface area contributed by atoms with Gasteiger partial charge in [-0.3, -0.25) is 4.79 Å². The number of hydrogen-bond acceptors (Lipinski definition) is 4. The average Bonchev–Trinajstić information content (AvgIpc) is 2.44. The van der Waals surface area contributed by atoms with Crippen LogP contribution >= 0.6 is 0 Å². The van der Waals surface area contributed by atoms with Crippen molar-refractivity contribution in [3.63, 3.8) is 0 Å². The van der Waals surface area contributed by atoms with Crippen LogP contribution in [0.15, 0.2) is 12.1 Å². The molecule has 5 nitrogen and oxygen atoms in total. The van der Waals surface area contributed by atoms with Crippen LogP contribution < -0.4 is 10.5 Å². The Labute approximate surface area is 112 Å². The lowest BCUT2D eigenvalue weighted by molar-refractivity contribution is -0.141. The predicted molar refractivity (Wildman–Crippen MR) is 70.2 cm³/mol. The third-order valence-electron chi connectivity index (χ3n) is 3.68. The summed E-state index contributed by atoms with van der Waals surface area (Å²) < 4.78 is 5.25. The number of carboxylic acid groups (broad SMARTS) is 1. The van der Waals surface area contributed by atoms with E-state index in [2.05, 4.69) is 0 Å². The first kappa shape index (κ1) is 13.8. The topological polar surface area (TPSA) is 92.8 Å². The maximum absolute atomic E-state index is 11.0. The fraction of sp³-hybridized carbons (Fsp3) is 0.500. The van der Waals surface area contributed by atoms with Crippen molar-refractivity contribution in [2.75, 3.05) is 7.11 Å². The lowest BCUT2D eigenvalue weighted by Crippen LogP contribution is -2.37. The van der Waals surface area contributed by atoms with Crippen molar-refractivity contribution >= 4 is 5.97 Å². The smallest absolute Gasteiger partial charge is 0.323 e. The molecule has 0 bridgehead atoms. The minimum atomic E-state index is -1.35. The SMILES string of the molecule is COc1ccc2c(c1C(O)[C@H](N)C(=O)O)CCCC2. The number of aliphatic hydroxyl groups is 1. The van der Waals surface area contributed by atoms with E-state index in [0.29, 0.717) is 11.3 Å². The quantitative estimate of drug-likeness (QED) is 0.755. The van der Waals surface area contributed by atoms with Gasteiger partial charge in [-0.2, -0.15) is 0 Å². The van der Waals surface area contributed by atoms with Gasteiger partial charge in [-0.15, -0.1) is 0 Å². The molecule has 0 saturated heterocycles. The van der Waals surface area contributed by atoms with Crippen LogP contribution in [0, 0.1) is 0 Å². The van der Waals surface area contributed by atoms with Gasteiger partial charge in [-0.05, 0) is 42.9 Å². The molecular weight excluding hydrogens is 246 g/mol. The van der Waals surface area contributed by atoms with Gasteiger partial charge in [0.2, 0.25) is 0 Å². The molecule has 2 rings (SSSR count). The molecule has 1 aliphatic carbocycles. The van der Waals surface area contributed by atoms with Gasteiger partial charge in [-0.1, -0.05) is 6.07 Å². The summed E-state index contributed by atoms with van der Waals surface area (Å²) in [6.45, 7) is 0. The number of hydrogen-bond donors (Lipinski definition) is 3. The van der Waals surface area contributed by atoms with E-state index in [0.717, 1.165) is 36.8 Å². The molecule has 5 heteroatoms. The van der Waals surface area contributed by atoms with Gasteiger partial charge in [-0.25, -0.2) is 0 Å². The summed E-state index contributed by atoms with van der Waals surface area (Å²) in [4.78, 5) is 11.0. The van der Waals surface area contributed by atoms with E-state index < -0.39 is 18.1 Å². The van der Waals surface area contributed by atoms with Gasteiger partial charge < -0.3 is 20.7 Å². The zero-order chi connectivity index (χ0) is 14.0. The van der Waals surface area contributed by atoms with Crippen molar-refractivity contribution in [2.24, 2.45) is 5.73 Å². The minimum Gasteiger partial charge on any atom is -0.496 e. The Morgan fingerprint density at radius 3 is 2.68 bits per heavy atom. The summed E-state index contributed by atoms with van der Waals surface area (Å²) in [5.74, 6) is -0.715. The number of carboxylic acids is 1. The second-order valence-corrected chi connectivity index (χ2v) is 4.84. The van der Waals surface area contributed by atoms with E-state index in [1.807, 2.05) is 6.07 Å². The Morgan fingerprint density at radius 1 is 1.37 bits per heavy atom. The van der Waals surface area contributed by atoms with Crippen LogP contribution in [0.4, 0.5) is 0 Å². The summed E-state index contributed by atoms with van der Waals surface area (Å²) in [7, 11) is 1.51. The van der Waals surface area contributed by atoms with Crippen molar-refractivity contribution in [2.45, 2.75) is 37.8 Å². The van der Waals surface area contributed by atoms with Gasteiger partial charge in [0.15, 0.2) is 0 Å². The van der Waals surface area contributed by atoms with Gasteiger partial charge in [0.1, 0.15) is 17.9 Å². The zero-order valence-electron chi connectivity index (χ0n) is 10.9. The number of carbonyl (C=O) groups is 1. The number of aliphatic carboxylic acids is 1. The zero-order valence-corrected chi connectivity index (χ0v) is 10.9. The van der Waals surface area contributed by atoms with Crippen LogP contribution in [0.3, 0.4) is 0 Å². The maximum atomic E-state index is 11.0. The molecule has 0 saturated carbocycles. The molecule has 0 spiro atoms. The summed E-state index contributed by atoms with van der Waals surface area (Å²) >= 11 is 0. The maximum Gasteiger partial charge on any atom is 0.323 e. The van der Waals surface area contributed by atoms with E-state index in [1.54, 1.807) is 6.07 Å². The second-order valence-electron chi connectivity index (χ2n) is 4.84. The third-order valence-corrected chi connectivity index (χ3v) is 3.68. The van der Waals surface area contributed by atoms with Crippen LogP contribution in [0.5, 0.6) is 5.75 Å². The normalized spacial score (nSPS) is 17.4. The largest absolute Gasteiger partial charge is 0.496 e. The lowest BCUT2D eigenvalue weighted by atomic mass is 9.84. The second kappa shape index (κ2) is 5.59. The van der Waals surface area contributed by atoms with Crippen LogP contribution in [-0.4, -0.2) is 29.3 Å². The van der Waals surface area contributed by atoms with Crippen LogP contribution in [0.25, 0.3) is 0 Å². The number of ether oxygens (including phenoxy) is 1. The molecular formula is C14H19NO4. The molecule has 4 N–H and O–H groups in total. The van der Waals surface area contributed by atoms with Crippen molar-refractivity contribution < 1.29 is 19.7 Å². The fourth-order valence-corrected chi connectivity index (χ4v) is 2.65. The Kier molecular flexibility index (Phi) is 4.07. The summed E-state index contributed by atoms with van der Waals surface area (Å²) in [6, 6.07) is 2.41. The number of benzene rings is 1. The first-order chi connectivity index (χ1) is 9.06. The minimum absolute atomic E-state index is 0.504. The number of aliphatic hydroxyl groups excluding tert-OH is 1. The number of rotatable bonds is 4. The Hall–Kier alpha value is -1.59. The number of fused-ring (bicyclic) bond motifs is 1. The van der Waals surface area contributed by atoms with E-state index in [-0.39, 0.29) is 0 Å². The molecule has 1 aromatic carbocycles. The highest BCUT2D eigenvalue weighted by Gasteiger charge is 2.30. The number of methoxy groups -OCH3 is 1. The van der Waals surface area contributed by atoms with Crippen molar-refractivity contribution in [1.82, 2.24) is 0 Å². The number of nitrogens with two attached hydrogens (primary N) is 1. The Bertz CT molecular complexity index is 487. The standard InChI is InChI=1S/C14H19NO4/c1-19-10-7-6-8-4-2-3-5-9(8)11(10)13(16)12(15)14(17)18/h6-7,12-13,16H,2-5,15H2,1H3,(H,17,18)/t12-,13?/m0/s1. The lowest BCUT2D eigenvalue weighted by Gasteiger charge is -2.26. The van der Waals surface area contributed by atoms with E-state index in [4.69, 9.17) is 15.6 Å². The molecule has 2 atom stereocenters. The first-order valence-corrected chi connectivity index (χ1v) is 6.41. The summed E-state index contributed by atoms with van der Waals surface area (Å²) in [6.07, 6.45) is 2.66. The molecule has 19 heavy (non-hydrogen) atoms. The average molecular weight is 265 g/mol. The number of aryl methyl sites for hydroxylation is 1.